The second kappa shape index (κ2) is 4.95. The molecule has 0 aromatic heterocycles. The normalized spacial score (nSPS) is 14.3. The average molecular weight is 273 g/mol. The van der Waals surface area contributed by atoms with Crippen molar-refractivity contribution in [2.75, 3.05) is 12.3 Å². The zero-order valence-electron chi connectivity index (χ0n) is 8.85. The van der Waals surface area contributed by atoms with Crippen LogP contribution in [0.4, 0.5) is 32.0 Å². The third kappa shape index (κ3) is 3.71. The summed E-state index contributed by atoms with van der Waals surface area (Å²) < 4.78 is 77.9. The molecule has 0 unspecified atom stereocenters. The number of nitrogens with two attached hydrogens (primary N) is 1. The predicted molar refractivity (Wildman–Crippen MR) is 52.2 cm³/mol. The average Bonchev–Trinajstić information content (AvgIpc) is 2.26. The van der Waals surface area contributed by atoms with E-state index in [9.17, 15) is 26.3 Å². The zero-order chi connectivity index (χ0) is 14.0. The maximum absolute atomic E-state index is 12.8. The van der Waals surface area contributed by atoms with Crippen molar-refractivity contribution in [1.29, 1.82) is 0 Å². The van der Waals surface area contributed by atoms with Gasteiger partial charge in [-0.3, -0.25) is 0 Å². The lowest BCUT2D eigenvalue weighted by Crippen LogP contribution is -2.45. The molecule has 0 aliphatic carbocycles. The van der Waals surface area contributed by atoms with Crippen molar-refractivity contribution in [3.05, 3.63) is 24.3 Å². The molecule has 0 spiro atoms. The first-order valence-corrected chi connectivity index (χ1v) is 4.70. The quantitative estimate of drug-likeness (QED) is 0.675. The SMILES string of the molecule is Nc1ccc(OCC(F)(F)[C@H](F)C(F)(F)F)cc1. The minimum Gasteiger partial charge on any atom is -0.487 e. The van der Waals surface area contributed by atoms with Crippen LogP contribution in [0.1, 0.15) is 0 Å². The summed E-state index contributed by atoms with van der Waals surface area (Å²) in [4.78, 5) is 0. The van der Waals surface area contributed by atoms with Crippen LogP contribution in [0.25, 0.3) is 0 Å². The molecule has 0 saturated carbocycles. The van der Waals surface area contributed by atoms with Crippen LogP contribution in [0.3, 0.4) is 0 Å². The molecule has 0 fully saturated rings. The number of rotatable bonds is 4. The van der Waals surface area contributed by atoms with E-state index in [2.05, 4.69) is 4.74 Å². The Labute approximate surface area is 98.3 Å². The molecule has 1 aromatic carbocycles. The highest BCUT2D eigenvalue weighted by Crippen LogP contribution is 2.35. The van der Waals surface area contributed by atoms with Gasteiger partial charge in [-0.1, -0.05) is 0 Å². The van der Waals surface area contributed by atoms with Crippen LogP contribution < -0.4 is 10.5 Å². The van der Waals surface area contributed by atoms with Crippen LogP contribution in [0.15, 0.2) is 24.3 Å². The summed E-state index contributed by atoms with van der Waals surface area (Å²) in [5, 5.41) is 0. The zero-order valence-corrected chi connectivity index (χ0v) is 8.85. The third-order valence-electron chi connectivity index (χ3n) is 1.97. The highest BCUT2D eigenvalue weighted by atomic mass is 19.4. The molecule has 0 aliphatic heterocycles. The van der Waals surface area contributed by atoms with E-state index in [1.165, 1.54) is 24.3 Å². The Morgan fingerprint density at radius 3 is 2.00 bits per heavy atom. The Morgan fingerprint density at radius 2 is 1.56 bits per heavy atom. The highest BCUT2D eigenvalue weighted by molar-refractivity contribution is 5.41. The van der Waals surface area contributed by atoms with Crippen molar-refractivity contribution >= 4 is 5.69 Å². The molecule has 102 valence electrons. The number of alkyl halides is 6. The molecular formula is C10H9F6NO. The van der Waals surface area contributed by atoms with Gasteiger partial charge in [-0.05, 0) is 24.3 Å². The first-order valence-electron chi connectivity index (χ1n) is 4.70. The molecule has 0 radical (unpaired) electrons. The Morgan fingerprint density at radius 1 is 1.06 bits per heavy atom. The third-order valence-corrected chi connectivity index (χ3v) is 1.97. The molecule has 0 bridgehead atoms. The summed E-state index contributed by atoms with van der Waals surface area (Å²) in [6.07, 6.45) is -9.90. The number of hydrogen-bond acceptors (Lipinski definition) is 2. The van der Waals surface area contributed by atoms with Crippen LogP contribution in [0.2, 0.25) is 0 Å². The Hall–Kier alpha value is -1.60. The number of hydrogen-bond donors (Lipinski definition) is 1. The first-order chi connectivity index (χ1) is 8.13. The summed E-state index contributed by atoms with van der Waals surface area (Å²) in [6, 6.07) is 4.99. The van der Waals surface area contributed by atoms with Crippen molar-refractivity contribution in [3.63, 3.8) is 0 Å². The molecule has 2 nitrogen and oxygen atoms in total. The fourth-order valence-electron chi connectivity index (χ4n) is 1.06. The summed E-state index contributed by atoms with van der Waals surface area (Å²) in [7, 11) is 0. The van der Waals surface area contributed by atoms with E-state index in [4.69, 9.17) is 5.73 Å². The predicted octanol–water partition coefficient (Wildman–Crippen LogP) is 3.18. The maximum atomic E-state index is 12.8. The molecule has 2 N–H and O–H groups in total. The van der Waals surface area contributed by atoms with Gasteiger partial charge in [0.05, 0.1) is 0 Å². The number of nitrogen functional groups attached to an aromatic ring is 1. The molecule has 1 aromatic rings. The van der Waals surface area contributed by atoms with Crippen molar-refractivity contribution in [1.82, 2.24) is 0 Å². The van der Waals surface area contributed by atoms with Gasteiger partial charge in [-0.2, -0.15) is 22.0 Å². The van der Waals surface area contributed by atoms with Crippen LogP contribution >= 0.6 is 0 Å². The molecular weight excluding hydrogens is 264 g/mol. The van der Waals surface area contributed by atoms with E-state index in [0.717, 1.165) is 0 Å². The Balaban J connectivity index is 2.64. The second-order valence-electron chi connectivity index (χ2n) is 3.52. The molecule has 1 rings (SSSR count). The highest BCUT2D eigenvalue weighted by Gasteiger charge is 2.57. The van der Waals surface area contributed by atoms with Gasteiger partial charge in [0, 0.05) is 5.69 Å². The van der Waals surface area contributed by atoms with E-state index in [0.29, 0.717) is 5.69 Å². The van der Waals surface area contributed by atoms with Gasteiger partial charge in [-0.25, -0.2) is 4.39 Å². The van der Waals surface area contributed by atoms with Crippen molar-refractivity contribution in [3.8, 4) is 5.75 Å². The van der Waals surface area contributed by atoms with E-state index in [1.54, 1.807) is 0 Å². The van der Waals surface area contributed by atoms with Gasteiger partial charge >= 0.3 is 12.1 Å². The number of ether oxygens (including phenoxy) is 1. The molecule has 8 heteroatoms. The van der Waals surface area contributed by atoms with Crippen molar-refractivity contribution < 1.29 is 31.1 Å². The van der Waals surface area contributed by atoms with E-state index < -0.39 is 24.9 Å². The molecule has 1 atom stereocenters. The molecule has 0 saturated heterocycles. The van der Waals surface area contributed by atoms with E-state index >= 15 is 0 Å². The number of halogens is 6. The number of benzene rings is 1. The minimum absolute atomic E-state index is 0.127. The largest absolute Gasteiger partial charge is 0.487 e. The smallest absolute Gasteiger partial charge is 0.425 e. The van der Waals surface area contributed by atoms with Crippen LogP contribution in [-0.2, 0) is 0 Å². The lowest BCUT2D eigenvalue weighted by molar-refractivity contribution is -0.250. The van der Waals surface area contributed by atoms with Crippen molar-refractivity contribution in [2.45, 2.75) is 18.3 Å². The standard InChI is InChI=1S/C10H9F6NO/c11-8(10(14,15)16)9(12,13)5-18-7-3-1-6(17)2-4-7/h1-4,8H,5,17H2/t8-/m0/s1. The first kappa shape index (κ1) is 14.5. The van der Waals surface area contributed by atoms with Gasteiger partial charge in [0.2, 0.25) is 0 Å². The lowest BCUT2D eigenvalue weighted by atomic mass is 10.2. The Kier molecular flexibility index (Phi) is 3.98. The second-order valence-corrected chi connectivity index (χ2v) is 3.52. The van der Waals surface area contributed by atoms with Gasteiger partial charge in [0.25, 0.3) is 6.17 Å². The summed E-state index contributed by atoms with van der Waals surface area (Å²) in [5.41, 5.74) is 5.63. The van der Waals surface area contributed by atoms with Gasteiger partial charge in [-0.15, -0.1) is 0 Å². The monoisotopic (exact) mass is 273 g/mol. The topological polar surface area (TPSA) is 35.2 Å². The summed E-state index contributed by atoms with van der Waals surface area (Å²) in [6.45, 7) is -1.71. The van der Waals surface area contributed by atoms with Crippen molar-refractivity contribution in [2.24, 2.45) is 0 Å². The maximum Gasteiger partial charge on any atom is 0.425 e. The lowest BCUT2D eigenvalue weighted by Gasteiger charge is -2.22. The molecule has 0 heterocycles. The summed E-state index contributed by atoms with van der Waals surface area (Å²) >= 11 is 0. The van der Waals surface area contributed by atoms with Gasteiger partial charge < -0.3 is 10.5 Å². The van der Waals surface area contributed by atoms with E-state index in [1.807, 2.05) is 0 Å². The van der Waals surface area contributed by atoms with Crippen LogP contribution in [0, 0.1) is 0 Å². The number of anilines is 1. The fraction of sp³-hybridized carbons (Fsp3) is 0.400. The molecule has 18 heavy (non-hydrogen) atoms. The Bertz CT molecular complexity index is 388. The summed E-state index contributed by atoms with van der Waals surface area (Å²) in [5.74, 6) is -4.78. The van der Waals surface area contributed by atoms with Gasteiger partial charge in [0.1, 0.15) is 5.75 Å². The fourth-order valence-corrected chi connectivity index (χ4v) is 1.06. The van der Waals surface area contributed by atoms with E-state index in [-0.39, 0.29) is 5.75 Å². The van der Waals surface area contributed by atoms with Crippen LogP contribution in [-0.4, -0.2) is 24.9 Å². The van der Waals surface area contributed by atoms with Crippen LogP contribution in [0.5, 0.6) is 5.75 Å². The molecule has 0 aliphatic rings. The van der Waals surface area contributed by atoms with Gasteiger partial charge in [0.15, 0.2) is 6.61 Å². The minimum atomic E-state index is -5.63. The molecule has 0 amide bonds.